The van der Waals surface area contributed by atoms with Crippen LogP contribution in [0.15, 0.2) is 85.1 Å². The highest BCUT2D eigenvalue weighted by molar-refractivity contribution is 5.71. The topological polar surface area (TPSA) is 78.9 Å². The third-order valence-corrected chi connectivity index (χ3v) is 10.4. The van der Waals surface area contributed by atoms with Gasteiger partial charge < -0.3 is 14.2 Å². The number of carbonyl (C=O) groups is 3. The lowest BCUT2D eigenvalue weighted by atomic mass is 10.1. The lowest BCUT2D eigenvalue weighted by molar-refractivity contribution is -0.167. The molecule has 0 bridgehead atoms. The molecule has 0 spiro atoms. The lowest BCUT2D eigenvalue weighted by Crippen LogP contribution is -2.30. The Hall–Kier alpha value is -3.41. The number of esters is 3. The molecule has 0 aliphatic carbocycles. The zero-order valence-electron chi connectivity index (χ0n) is 39.7. The normalized spacial score (nSPS) is 12.8. The van der Waals surface area contributed by atoms with Gasteiger partial charge in [0.25, 0.3) is 0 Å². The summed E-state index contributed by atoms with van der Waals surface area (Å²) in [5.41, 5.74) is 0. The molecule has 6 nitrogen and oxygen atoms in total. The Morgan fingerprint density at radius 1 is 0.344 bits per heavy atom. The number of carbonyl (C=O) groups excluding carboxylic acids is 3. The van der Waals surface area contributed by atoms with Crippen LogP contribution in [0.1, 0.15) is 226 Å². The number of ether oxygens (including phenoxy) is 3. The molecule has 0 N–H and O–H groups in total. The van der Waals surface area contributed by atoms with Crippen LogP contribution < -0.4 is 0 Å². The molecule has 348 valence electrons. The molecule has 1 unspecified atom stereocenters. The van der Waals surface area contributed by atoms with E-state index in [2.05, 4.69) is 106 Å². The largest absolute Gasteiger partial charge is 0.462 e. The summed E-state index contributed by atoms with van der Waals surface area (Å²) in [6.45, 7) is 6.43. The fourth-order valence-electron chi connectivity index (χ4n) is 6.61. The first-order valence-corrected chi connectivity index (χ1v) is 25.1. The van der Waals surface area contributed by atoms with Gasteiger partial charge in [-0.1, -0.05) is 196 Å². The summed E-state index contributed by atoms with van der Waals surface area (Å²) in [5, 5.41) is 0. The predicted molar refractivity (Wildman–Crippen MR) is 261 cm³/mol. The van der Waals surface area contributed by atoms with E-state index >= 15 is 0 Å². The van der Waals surface area contributed by atoms with Crippen LogP contribution in [0.3, 0.4) is 0 Å². The minimum atomic E-state index is -0.795. The second-order valence-corrected chi connectivity index (χ2v) is 16.3. The van der Waals surface area contributed by atoms with Crippen LogP contribution in [0.2, 0.25) is 0 Å². The summed E-state index contributed by atoms with van der Waals surface area (Å²) >= 11 is 0. The molecular weight excluding hydrogens is 757 g/mol. The molecule has 0 saturated carbocycles. The van der Waals surface area contributed by atoms with Crippen LogP contribution in [0.4, 0.5) is 0 Å². The molecule has 0 aromatic rings. The van der Waals surface area contributed by atoms with Crippen LogP contribution in [-0.2, 0) is 28.6 Å². The average molecular weight is 849 g/mol. The smallest absolute Gasteiger partial charge is 0.306 e. The van der Waals surface area contributed by atoms with Gasteiger partial charge in [0, 0.05) is 19.3 Å². The number of rotatable bonds is 44. The van der Waals surface area contributed by atoms with Gasteiger partial charge in [-0.15, -0.1) is 0 Å². The highest BCUT2D eigenvalue weighted by Crippen LogP contribution is 2.13. The third-order valence-electron chi connectivity index (χ3n) is 10.4. The van der Waals surface area contributed by atoms with Gasteiger partial charge in [-0.3, -0.25) is 14.4 Å². The molecule has 0 amide bonds. The maximum atomic E-state index is 12.8. The molecule has 0 aliphatic rings. The van der Waals surface area contributed by atoms with E-state index in [1.54, 1.807) is 0 Å². The molecule has 1 atom stereocenters. The summed E-state index contributed by atoms with van der Waals surface area (Å²) in [5.74, 6) is -0.945. The molecule has 0 heterocycles. The van der Waals surface area contributed by atoms with Gasteiger partial charge in [-0.05, 0) is 96.3 Å². The van der Waals surface area contributed by atoms with Gasteiger partial charge in [0.05, 0.1) is 0 Å². The monoisotopic (exact) mass is 849 g/mol. The molecule has 6 heteroatoms. The molecular formula is C55H92O6. The maximum Gasteiger partial charge on any atom is 0.306 e. The molecule has 61 heavy (non-hydrogen) atoms. The van der Waals surface area contributed by atoms with Crippen molar-refractivity contribution in [2.45, 2.75) is 232 Å². The Labute approximate surface area is 375 Å². The zero-order chi connectivity index (χ0) is 44.4. The summed E-state index contributed by atoms with van der Waals surface area (Å²) in [6.07, 6.45) is 62.8. The molecule has 0 fully saturated rings. The minimum Gasteiger partial charge on any atom is -0.462 e. The van der Waals surface area contributed by atoms with Gasteiger partial charge in [0.1, 0.15) is 13.2 Å². The highest BCUT2D eigenvalue weighted by atomic mass is 16.6. The number of hydrogen-bond donors (Lipinski definition) is 0. The quantitative estimate of drug-likeness (QED) is 0.0263. The van der Waals surface area contributed by atoms with Crippen LogP contribution in [0, 0.1) is 0 Å². The Morgan fingerprint density at radius 2 is 0.639 bits per heavy atom. The molecule has 0 aromatic heterocycles. The fraction of sp³-hybridized carbons (Fsp3) is 0.691. The van der Waals surface area contributed by atoms with Crippen molar-refractivity contribution in [3.63, 3.8) is 0 Å². The van der Waals surface area contributed by atoms with Gasteiger partial charge in [-0.25, -0.2) is 0 Å². The van der Waals surface area contributed by atoms with Gasteiger partial charge in [0.15, 0.2) is 6.10 Å². The standard InChI is InChI=1S/C55H92O6/c1-4-7-10-13-16-19-21-23-25-26-27-28-30-31-33-36-39-42-45-48-54(57)60-51-52(50-59-53(56)47-44-41-38-35-18-15-12-9-6-3)61-55(58)49-46-43-40-37-34-32-29-24-22-20-17-14-11-8-5-2/h7,10,16-17,19-20,23-25,27-29,31,33,52H,4-6,8-9,11-15,18,21-22,26,30,32,34-51H2,1-3H3/b10-7-,19-16-,20-17-,25-23-,28-27-,29-24-,33-31-. The third kappa shape index (κ3) is 47.5. The van der Waals surface area contributed by atoms with Crippen molar-refractivity contribution in [3.05, 3.63) is 85.1 Å². The molecule has 0 aliphatic heterocycles. The van der Waals surface area contributed by atoms with E-state index in [4.69, 9.17) is 14.2 Å². The second-order valence-electron chi connectivity index (χ2n) is 16.3. The SMILES string of the molecule is CC/C=C\C/C=C\C/C=C\C/C=C\C/C=C\CCCCCC(=O)OCC(COC(=O)CCCCCCCCCCC)OC(=O)CCCCCCC/C=C\C/C=C\CCCCC. The van der Waals surface area contributed by atoms with Crippen LogP contribution in [-0.4, -0.2) is 37.2 Å². The first-order valence-electron chi connectivity index (χ1n) is 25.1. The van der Waals surface area contributed by atoms with Crippen molar-refractivity contribution in [1.82, 2.24) is 0 Å². The van der Waals surface area contributed by atoms with E-state index in [9.17, 15) is 14.4 Å². The summed E-state index contributed by atoms with van der Waals surface area (Å²) in [4.78, 5) is 37.8. The van der Waals surface area contributed by atoms with Crippen molar-refractivity contribution in [3.8, 4) is 0 Å². The molecule has 0 radical (unpaired) electrons. The van der Waals surface area contributed by atoms with Crippen molar-refractivity contribution in [2.24, 2.45) is 0 Å². The maximum absolute atomic E-state index is 12.8. The zero-order valence-corrected chi connectivity index (χ0v) is 39.7. The summed E-state index contributed by atoms with van der Waals surface area (Å²) < 4.78 is 16.7. The number of allylic oxidation sites excluding steroid dienone is 14. The minimum absolute atomic E-state index is 0.0926. The Balaban J connectivity index is 4.42. The van der Waals surface area contributed by atoms with E-state index < -0.39 is 6.10 Å². The van der Waals surface area contributed by atoms with Crippen molar-refractivity contribution in [2.75, 3.05) is 13.2 Å². The van der Waals surface area contributed by atoms with Crippen LogP contribution >= 0.6 is 0 Å². The van der Waals surface area contributed by atoms with Crippen molar-refractivity contribution >= 4 is 17.9 Å². The Kier molecular flexibility index (Phi) is 46.5. The van der Waals surface area contributed by atoms with Crippen molar-refractivity contribution in [1.29, 1.82) is 0 Å². The van der Waals surface area contributed by atoms with Gasteiger partial charge >= 0.3 is 17.9 Å². The number of unbranched alkanes of at least 4 members (excludes halogenated alkanes) is 19. The second kappa shape index (κ2) is 49.2. The first kappa shape index (κ1) is 57.6. The van der Waals surface area contributed by atoms with E-state index in [-0.39, 0.29) is 31.1 Å². The fourth-order valence-corrected chi connectivity index (χ4v) is 6.61. The van der Waals surface area contributed by atoms with E-state index in [1.165, 1.54) is 64.2 Å². The Bertz CT molecular complexity index is 1200. The van der Waals surface area contributed by atoms with E-state index in [0.29, 0.717) is 19.3 Å². The summed E-state index contributed by atoms with van der Waals surface area (Å²) in [6, 6.07) is 0. The molecule has 0 saturated heterocycles. The number of hydrogen-bond acceptors (Lipinski definition) is 6. The Morgan fingerprint density at radius 3 is 1.05 bits per heavy atom. The highest BCUT2D eigenvalue weighted by Gasteiger charge is 2.19. The van der Waals surface area contributed by atoms with Crippen LogP contribution in [0.5, 0.6) is 0 Å². The molecule has 0 aromatic carbocycles. The molecule has 0 rings (SSSR count). The van der Waals surface area contributed by atoms with E-state index in [0.717, 1.165) is 122 Å². The van der Waals surface area contributed by atoms with Gasteiger partial charge in [-0.2, -0.15) is 0 Å². The first-order chi connectivity index (χ1) is 30.0. The van der Waals surface area contributed by atoms with Crippen LogP contribution in [0.25, 0.3) is 0 Å². The van der Waals surface area contributed by atoms with E-state index in [1.807, 2.05) is 0 Å². The lowest BCUT2D eigenvalue weighted by Gasteiger charge is -2.18. The predicted octanol–water partition coefficient (Wildman–Crippen LogP) is 16.4. The average Bonchev–Trinajstić information content (AvgIpc) is 3.26. The summed E-state index contributed by atoms with van der Waals surface area (Å²) in [7, 11) is 0. The van der Waals surface area contributed by atoms with Gasteiger partial charge in [0.2, 0.25) is 0 Å². The van der Waals surface area contributed by atoms with Crippen molar-refractivity contribution < 1.29 is 28.6 Å².